The van der Waals surface area contributed by atoms with Crippen LogP contribution in [0.4, 0.5) is 5.69 Å². The standard InChI is InChI=1S/C9H10N2O5/c1-2-9(16-11(14)15)7-3-5-8(6-4-7)10(12)13/h3-6,9H,2H2,1H3/t9-/m1/s1. The van der Waals surface area contributed by atoms with Gasteiger partial charge in [0, 0.05) is 12.1 Å². The molecule has 7 heteroatoms. The molecule has 0 radical (unpaired) electrons. The van der Waals surface area contributed by atoms with Crippen molar-refractivity contribution >= 4 is 5.69 Å². The van der Waals surface area contributed by atoms with Gasteiger partial charge in [0.05, 0.1) is 4.92 Å². The molecule has 0 unspecified atom stereocenters. The average molecular weight is 226 g/mol. The van der Waals surface area contributed by atoms with Gasteiger partial charge >= 0.3 is 0 Å². The number of hydrogen-bond acceptors (Lipinski definition) is 5. The summed E-state index contributed by atoms with van der Waals surface area (Å²) in [7, 11) is 0. The summed E-state index contributed by atoms with van der Waals surface area (Å²) in [4.78, 5) is 24.5. The molecule has 0 heterocycles. The third-order valence-corrected chi connectivity index (χ3v) is 2.06. The van der Waals surface area contributed by atoms with Crippen LogP contribution in [0.3, 0.4) is 0 Å². The number of hydrogen-bond donors (Lipinski definition) is 0. The third-order valence-electron chi connectivity index (χ3n) is 2.06. The second-order valence-corrected chi connectivity index (χ2v) is 3.07. The van der Waals surface area contributed by atoms with Gasteiger partial charge in [-0.1, -0.05) is 6.92 Å². The van der Waals surface area contributed by atoms with Crippen molar-refractivity contribution in [2.45, 2.75) is 19.4 Å². The van der Waals surface area contributed by atoms with Crippen LogP contribution >= 0.6 is 0 Å². The molecule has 0 aliphatic carbocycles. The first-order valence-corrected chi connectivity index (χ1v) is 4.60. The molecule has 0 N–H and O–H groups in total. The van der Waals surface area contributed by atoms with Crippen molar-refractivity contribution in [3.63, 3.8) is 0 Å². The summed E-state index contributed by atoms with van der Waals surface area (Å²) in [6, 6.07) is 5.49. The summed E-state index contributed by atoms with van der Waals surface area (Å²) in [5.41, 5.74) is 0.490. The number of benzene rings is 1. The molecule has 0 aliphatic heterocycles. The van der Waals surface area contributed by atoms with Crippen molar-refractivity contribution in [3.05, 3.63) is 50.1 Å². The highest BCUT2D eigenvalue weighted by molar-refractivity contribution is 5.33. The molecule has 1 rings (SSSR count). The van der Waals surface area contributed by atoms with Gasteiger partial charge in [0.15, 0.2) is 0 Å². The van der Waals surface area contributed by atoms with Gasteiger partial charge < -0.3 is 4.84 Å². The van der Waals surface area contributed by atoms with Crippen molar-refractivity contribution < 1.29 is 14.8 Å². The number of nitro benzene ring substituents is 1. The van der Waals surface area contributed by atoms with Crippen molar-refractivity contribution in [1.82, 2.24) is 0 Å². The van der Waals surface area contributed by atoms with E-state index in [9.17, 15) is 20.2 Å². The SMILES string of the molecule is CC[C@@H](O[N+](=O)[O-])c1ccc([N+](=O)[O-])cc1. The van der Waals surface area contributed by atoms with E-state index in [4.69, 9.17) is 0 Å². The van der Waals surface area contributed by atoms with Gasteiger partial charge in [-0.2, -0.15) is 0 Å². The van der Waals surface area contributed by atoms with Crippen molar-refractivity contribution in [3.8, 4) is 0 Å². The Balaban J connectivity index is 2.86. The lowest BCUT2D eigenvalue weighted by Gasteiger charge is -2.12. The quantitative estimate of drug-likeness (QED) is 0.566. The number of nitrogens with zero attached hydrogens (tertiary/aromatic N) is 2. The van der Waals surface area contributed by atoms with Crippen LogP contribution in [-0.2, 0) is 4.84 Å². The first-order chi connectivity index (χ1) is 7.54. The summed E-state index contributed by atoms with van der Waals surface area (Å²) >= 11 is 0. The van der Waals surface area contributed by atoms with E-state index in [0.717, 1.165) is 0 Å². The summed E-state index contributed by atoms with van der Waals surface area (Å²) in [6.07, 6.45) is -0.269. The zero-order valence-corrected chi connectivity index (χ0v) is 8.53. The minimum atomic E-state index is -0.865. The van der Waals surface area contributed by atoms with Gasteiger partial charge in [-0.25, -0.2) is 0 Å². The normalized spacial score (nSPS) is 11.8. The molecule has 7 nitrogen and oxygen atoms in total. The van der Waals surface area contributed by atoms with E-state index in [0.29, 0.717) is 12.0 Å². The summed E-state index contributed by atoms with van der Waals surface area (Å²) in [6.45, 7) is 1.73. The van der Waals surface area contributed by atoms with E-state index in [1.165, 1.54) is 24.3 Å². The van der Waals surface area contributed by atoms with E-state index in [1.54, 1.807) is 6.92 Å². The number of nitro groups is 1. The zero-order chi connectivity index (χ0) is 12.1. The maximum atomic E-state index is 10.4. The lowest BCUT2D eigenvalue weighted by atomic mass is 10.1. The molecule has 0 bridgehead atoms. The van der Waals surface area contributed by atoms with Crippen LogP contribution in [0.15, 0.2) is 24.3 Å². The smallest absolute Gasteiger partial charge is 0.295 e. The van der Waals surface area contributed by atoms with Crippen LogP contribution in [-0.4, -0.2) is 10.0 Å². The zero-order valence-electron chi connectivity index (χ0n) is 8.53. The molecule has 0 aromatic heterocycles. The lowest BCUT2D eigenvalue weighted by molar-refractivity contribution is -0.771. The van der Waals surface area contributed by atoms with Crippen molar-refractivity contribution in [2.24, 2.45) is 0 Å². The van der Waals surface area contributed by atoms with Gasteiger partial charge in [0.2, 0.25) is 0 Å². The maximum absolute atomic E-state index is 10.4. The predicted molar refractivity (Wildman–Crippen MR) is 54.2 cm³/mol. The molecular formula is C9H10N2O5. The maximum Gasteiger partial charge on any atom is 0.295 e. The first kappa shape index (κ1) is 11.9. The Morgan fingerprint density at radius 1 is 1.25 bits per heavy atom. The molecule has 0 spiro atoms. The molecule has 0 saturated carbocycles. The monoisotopic (exact) mass is 226 g/mol. The van der Waals surface area contributed by atoms with Gasteiger partial charge in [-0.3, -0.25) is 10.1 Å². The molecular weight excluding hydrogens is 216 g/mol. The summed E-state index contributed by atoms with van der Waals surface area (Å²) in [5.74, 6) is 0. The second-order valence-electron chi connectivity index (χ2n) is 3.07. The van der Waals surface area contributed by atoms with Crippen LogP contribution in [0.5, 0.6) is 0 Å². The minimum absolute atomic E-state index is 0.0558. The van der Waals surface area contributed by atoms with Crippen molar-refractivity contribution in [2.75, 3.05) is 0 Å². The predicted octanol–water partition coefficient (Wildman–Crippen LogP) is 2.25. The summed E-state index contributed by atoms with van der Waals surface area (Å²) in [5, 5.41) is 19.7. The third kappa shape index (κ3) is 2.91. The molecule has 1 atom stereocenters. The Labute approximate surface area is 90.9 Å². The van der Waals surface area contributed by atoms with E-state index in [-0.39, 0.29) is 5.69 Å². The fourth-order valence-corrected chi connectivity index (χ4v) is 1.29. The molecule has 1 aromatic carbocycles. The summed E-state index contributed by atoms with van der Waals surface area (Å²) < 4.78 is 0. The van der Waals surface area contributed by atoms with Gasteiger partial charge in [-0.15, -0.1) is 10.1 Å². The first-order valence-electron chi connectivity index (χ1n) is 4.60. The van der Waals surface area contributed by atoms with Crippen LogP contribution < -0.4 is 0 Å². The lowest BCUT2D eigenvalue weighted by Crippen LogP contribution is -2.08. The molecule has 0 saturated heterocycles. The van der Waals surface area contributed by atoms with Gasteiger partial charge in [-0.05, 0) is 24.1 Å². The fraction of sp³-hybridized carbons (Fsp3) is 0.333. The Morgan fingerprint density at radius 2 is 1.81 bits per heavy atom. The van der Waals surface area contributed by atoms with E-state index in [2.05, 4.69) is 4.84 Å². The van der Waals surface area contributed by atoms with Crippen molar-refractivity contribution in [1.29, 1.82) is 0 Å². The second kappa shape index (κ2) is 5.06. The Kier molecular flexibility index (Phi) is 3.76. The highest BCUT2D eigenvalue weighted by Gasteiger charge is 2.14. The van der Waals surface area contributed by atoms with Crippen LogP contribution in [0.2, 0.25) is 0 Å². The average Bonchev–Trinajstić information content (AvgIpc) is 2.25. The van der Waals surface area contributed by atoms with Crippen LogP contribution in [0.25, 0.3) is 0 Å². The fourth-order valence-electron chi connectivity index (χ4n) is 1.29. The highest BCUT2D eigenvalue weighted by atomic mass is 17.0. The number of non-ortho nitro benzene ring substituents is 1. The van der Waals surface area contributed by atoms with E-state index in [1.807, 2.05) is 0 Å². The molecule has 16 heavy (non-hydrogen) atoms. The Morgan fingerprint density at radius 3 is 2.19 bits per heavy atom. The molecule has 86 valence electrons. The van der Waals surface area contributed by atoms with Crippen LogP contribution in [0, 0.1) is 20.2 Å². The molecule has 1 aromatic rings. The Bertz CT molecular complexity index is 389. The molecule has 0 amide bonds. The van der Waals surface area contributed by atoms with Gasteiger partial charge in [0.25, 0.3) is 10.8 Å². The minimum Gasteiger partial charge on any atom is -0.306 e. The van der Waals surface area contributed by atoms with E-state index < -0.39 is 16.1 Å². The van der Waals surface area contributed by atoms with Crippen LogP contribution in [0.1, 0.15) is 25.0 Å². The van der Waals surface area contributed by atoms with Gasteiger partial charge in [0.1, 0.15) is 6.10 Å². The molecule has 0 fully saturated rings. The van der Waals surface area contributed by atoms with E-state index >= 15 is 0 Å². The Hall–Kier alpha value is -2.18. The number of rotatable bonds is 5. The molecule has 0 aliphatic rings. The largest absolute Gasteiger partial charge is 0.306 e. The highest BCUT2D eigenvalue weighted by Crippen LogP contribution is 2.23. The topological polar surface area (TPSA) is 95.5 Å².